The van der Waals surface area contributed by atoms with E-state index in [1.165, 1.54) is 6.92 Å². The number of fused-ring (bicyclic) bond motifs is 1. The molecule has 0 radical (unpaired) electrons. The normalized spacial score (nSPS) is 12.0. The molecule has 2 heterocycles. The van der Waals surface area contributed by atoms with Gasteiger partial charge in [-0.1, -0.05) is 6.07 Å². The van der Waals surface area contributed by atoms with Gasteiger partial charge in [0.25, 0.3) is 0 Å². The number of amides is 2. The fraction of sp³-hybridized carbons (Fsp3) is 0.300. The van der Waals surface area contributed by atoms with Crippen molar-refractivity contribution in [3.63, 3.8) is 0 Å². The van der Waals surface area contributed by atoms with E-state index in [0.717, 1.165) is 5.56 Å². The average molecular weight is 398 g/mol. The Kier molecular flexibility index (Phi) is 6.08. The highest BCUT2D eigenvalue weighted by atomic mass is 16.7. The first-order chi connectivity index (χ1) is 13.8. The summed E-state index contributed by atoms with van der Waals surface area (Å²) in [5, 5.41) is 5.38. The third-order valence-corrected chi connectivity index (χ3v) is 4.17. The van der Waals surface area contributed by atoms with Crippen molar-refractivity contribution in [2.45, 2.75) is 13.8 Å². The molecule has 1 aromatic heterocycles. The first-order valence-corrected chi connectivity index (χ1v) is 8.97. The molecular weight excluding hydrogens is 376 g/mol. The second kappa shape index (κ2) is 8.70. The lowest BCUT2D eigenvalue weighted by molar-refractivity contribution is -0.119. The molecule has 29 heavy (non-hydrogen) atoms. The van der Waals surface area contributed by atoms with Crippen molar-refractivity contribution in [1.82, 2.24) is 9.88 Å². The highest BCUT2D eigenvalue weighted by molar-refractivity contribution is 6.05. The minimum atomic E-state index is -0.366. The van der Waals surface area contributed by atoms with Crippen LogP contribution < -0.4 is 20.1 Å². The molecule has 3 rings (SSSR count). The lowest BCUT2D eigenvalue weighted by Crippen LogP contribution is -2.36. The maximum atomic E-state index is 12.4. The molecule has 9 heteroatoms. The number of ketones is 1. The number of ether oxygens (including phenoxy) is 2. The summed E-state index contributed by atoms with van der Waals surface area (Å²) in [6.07, 6.45) is 1.66. The number of nitrogens with zero attached hydrogens (tertiary/aromatic N) is 2. The van der Waals surface area contributed by atoms with Crippen LogP contribution in [0.5, 0.6) is 11.5 Å². The number of nitrogens with one attached hydrogen (secondary N) is 2. The summed E-state index contributed by atoms with van der Waals surface area (Å²) in [4.78, 5) is 42.1. The predicted octanol–water partition coefficient (Wildman–Crippen LogP) is 1.83. The Morgan fingerprint density at radius 2 is 1.72 bits per heavy atom. The Morgan fingerprint density at radius 3 is 2.34 bits per heavy atom. The van der Waals surface area contributed by atoms with E-state index in [0.29, 0.717) is 28.6 Å². The Hall–Kier alpha value is -3.46. The third-order valence-electron chi connectivity index (χ3n) is 4.17. The molecule has 1 aliphatic rings. The lowest BCUT2D eigenvalue weighted by Gasteiger charge is -2.17. The smallest absolute Gasteiger partial charge is 0.239 e. The van der Waals surface area contributed by atoms with Crippen LogP contribution in [0.1, 0.15) is 22.8 Å². The van der Waals surface area contributed by atoms with Crippen LogP contribution in [-0.2, 0) is 9.59 Å². The van der Waals surface area contributed by atoms with E-state index in [1.807, 2.05) is 13.0 Å². The minimum Gasteiger partial charge on any atom is -0.454 e. The number of Topliss-reactive ketones (excluding diaryl/α,β-unsaturated/α-hetero) is 1. The Balaban J connectivity index is 1.57. The molecule has 0 fully saturated rings. The highest BCUT2D eigenvalue weighted by Crippen LogP contribution is 2.37. The van der Waals surface area contributed by atoms with Crippen LogP contribution in [0.25, 0.3) is 0 Å². The molecule has 0 bridgehead atoms. The van der Waals surface area contributed by atoms with Gasteiger partial charge in [-0.15, -0.1) is 0 Å². The summed E-state index contributed by atoms with van der Waals surface area (Å²) >= 11 is 0. The number of hydrogen-bond acceptors (Lipinski definition) is 7. The molecule has 2 amide bonds. The monoisotopic (exact) mass is 398 g/mol. The maximum Gasteiger partial charge on any atom is 0.239 e. The molecule has 0 aliphatic carbocycles. The van der Waals surface area contributed by atoms with E-state index in [9.17, 15) is 14.4 Å². The fourth-order valence-corrected chi connectivity index (χ4v) is 2.80. The summed E-state index contributed by atoms with van der Waals surface area (Å²) in [6, 6.07) is 6.67. The van der Waals surface area contributed by atoms with Crippen molar-refractivity contribution in [3.05, 3.63) is 41.6 Å². The SMILES string of the molecule is CC(=O)c1cc2c(cc1NC(=O)CN(C)CC(=O)Nc1ccc(C)cn1)OCO2. The van der Waals surface area contributed by atoms with E-state index < -0.39 is 0 Å². The number of benzene rings is 1. The van der Waals surface area contributed by atoms with E-state index >= 15 is 0 Å². The molecule has 1 aliphatic heterocycles. The molecule has 0 spiro atoms. The number of anilines is 2. The maximum absolute atomic E-state index is 12.4. The number of aromatic nitrogens is 1. The molecule has 2 N–H and O–H groups in total. The fourth-order valence-electron chi connectivity index (χ4n) is 2.80. The number of likely N-dealkylation sites (N-methyl/N-ethyl adjacent to an activating group) is 1. The number of hydrogen-bond donors (Lipinski definition) is 2. The van der Waals surface area contributed by atoms with Crippen molar-refractivity contribution in [2.24, 2.45) is 0 Å². The van der Waals surface area contributed by atoms with Gasteiger partial charge >= 0.3 is 0 Å². The molecular formula is C20H22N4O5. The van der Waals surface area contributed by atoms with Crippen LogP contribution in [0.15, 0.2) is 30.5 Å². The van der Waals surface area contributed by atoms with Crippen molar-refractivity contribution in [3.8, 4) is 11.5 Å². The molecule has 1 aromatic carbocycles. The topological polar surface area (TPSA) is 110 Å². The Bertz CT molecular complexity index is 943. The second-order valence-electron chi connectivity index (χ2n) is 6.80. The predicted molar refractivity (Wildman–Crippen MR) is 106 cm³/mol. The van der Waals surface area contributed by atoms with Gasteiger partial charge in [-0.3, -0.25) is 19.3 Å². The van der Waals surface area contributed by atoms with Gasteiger partial charge in [-0.2, -0.15) is 0 Å². The van der Waals surface area contributed by atoms with Crippen LogP contribution in [0.2, 0.25) is 0 Å². The lowest BCUT2D eigenvalue weighted by atomic mass is 10.1. The highest BCUT2D eigenvalue weighted by Gasteiger charge is 2.21. The summed E-state index contributed by atoms with van der Waals surface area (Å²) in [6.45, 7) is 3.34. The molecule has 2 aromatic rings. The number of aryl methyl sites for hydroxylation is 1. The third kappa shape index (κ3) is 5.29. The van der Waals surface area contributed by atoms with Crippen LogP contribution in [-0.4, -0.2) is 54.4 Å². The van der Waals surface area contributed by atoms with Gasteiger partial charge in [0, 0.05) is 17.8 Å². The summed E-state index contributed by atoms with van der Waals surface area (Å²) in [5.74, 6) is 0.511. The van der Waals surface area contributed by atoms with Crippen molar-refractivity contribution in [2.75, 3.05) is 37.6 Å². The van der Waals surface area contributed by atoms with Gasteiger partial charge in [0.05, 0.1) is 18.8 Å². The van der Waals surface area contributed by atoms with Crippen molar-refractivity contribution < 1.29 is 23.9 Å². The number of carbonyl (C=O) groups excluding carboxylic acids is 3. The molecule has 0 atom stereocenters. The zero-order valence-electron chi connectivity index (χ0n) is 16.4. The number of carbonyl (C=O) groups is 3. The van der Waals surface area contributed by atoms with E-state index in [-0.39, 0.29) is 37.5 Å². The first-order valence-electron chi connectivity index (χ1n) is 8.97. The van der Waals surface area contributed by atoms with Gasteiger partial charge in [0.1, 0.15) is 5.82 Å². The molecule has 9 nitrogen and oxygen atoms in total. The summed E-state index contributed by atoms with van der Waals surface area (Å²) in [7, 11) is 1.65. The van der Waals surface area contributed by atoms with Gasteiger partial charge in [0.15, 0.2) is 17.3 Å². The zero-order chi connectivity index (χ0) is 21.0. The number of rotatable bonds is 7. The largest absolute Gasteiger partial charge is 0.454 e. The standard InChI is InChI=1S/C20H22N4O5/c1-12-4-5-18(21-8-12)23-20(27)10-24(3)9-19(26)22-15-7-17-16(28-11-29-17)6-14(15)13(2)25/h4-8H,9-11H2,1-3H3,(H,22,26)(H,21,23,27). The quantitative estimate of drug-likeness (QED) is 0.685. The minimum absolute atomic E-state index is 0.00365. The molecule has 152 valence electrons. The van der Waals surface area contributed by atoms with Gasteiger partial charge in [-0.25, -0.2) is 4.98 Å². The zero-order valence-corrected chi connectivity index (χ0v) is 16.4. The average Bonchev–Trinajstić information content (AvgIpc) is 3.09. The van der Waals surface area contributed by atoms with E-state index in [4.69, 9.17) is 9.47 Å². The van der Waals surface area contributed by atoms with Crippen LogP contribution in [0.4, 0.5) is 11.5 Å². The van der Waals surface area contributed by atoms with Crippen LogP contribution >= 0.6 is 0 Å². The van der Waals surface area contributed by atoms with Crippen molar-refractivity contribution >= 4 is 29.1 Å². The van der Waals surface area contributed by atoms with Crippen LogP contribution in [0, 0.1) is 6.92 Å². The molecule has 0 saturated carbocycles. The van der Waals surface area contributed by atoms with Crippen molar-refractivity contribution in [1.29, 1.82) is 0 Å². The van der Waals surface area contributed by atoms with Crippen LogP contribution in [0.3, 0.4) is 0 Å². The number of pyridine rings is 1. The Morgan fingerprint density at radius 1 is 1.07 bits per heavy atom. The molecule has 0 saturated heterocycles. The van der Waals surface area contributed by atoms with Gasteiger partial charge in [-0.05, 0) is 38.6 Å². The second-order valence-corrected chi connectivity index (χ2v) is 6.80. The summed E-state index contributed by atoms with van der Waals surface area (Å²) < 4.78 is 10.6. The molecule has 0 unspecified atom stereocenters. The van der Waals surface area contributed by atoms with Gasteiger partial charge < -0.3 is 20.1 Å². The van der Waals surface area contributed by atoms with Gasteiger partial charge in [0.2, 0.25) is 18.6 Å². The van der Waals surface area contributed by atoms with E-state index in [1.54, 1.807) is 36.3 Å². The first kappa shape index (κ1) is 20.3. The Labute approximate surface area is 168 Å². The summed E-state index contributed by atoms with van der Waals surface area (Å²) in [5.41, 5.74) is 1.66. The van der Waals surface area contributed by atoms with E-state index in [2.05, 4.69) is 15.6 Å².